The molecule has 27 heavy (non-hydrogen) atoms. The van der Waals surface area contributed by atoms with Crippen molar-refractivity contribution in [2.24, 2.45) is 4.99 Å². The highest BCUT2D eigenvalue weighted by molar-refractivity contribution is 8.14. The lowest BCUT2D eigenvalue weighted by atomic mass is 10.1. The first-order valence-corrected chi connectivity index (χ1v) is 10.1. The van der Waals surface area contributed by atoms with E-state index in [0.717, 1.165) is 59.1 Å². The molecule has 0 radical (unpaired) electrons. The number of ether oxygens (including phenoxy) is 2. The van der Waals surface area contributed by atoms with Gasteiger partial charge in [-0.05, 0) is 25.0 Å². The van der Waals surface area contributed by atoms with E-state index >= 15 is 0 Å². The minimum absolute atomic E-state index is 0.0705. The van der Waals surface area contributed by atoms with Crippen LogP contribution in [0.2, 0.25) is 0 Å². The molecule has 1 aromatic heterocycles. The van der Waals surface area contributed by atoms with E-state index in [1.807, 2.05) is 12.1 Å². The number of rotatable bonds is 6. The summed E-state index contributed by atoms with van der Waals surface area (Å²) in [5, 5.41) is 14.5. The van der Waals surface area contributed by atoms with Crippen molar-refractivity contribution >= 4 is 39.4 Å². The van der Waals surface area contributed by atoms with Crippen molar-refractivity contribution in [2.75, 3.05) is 31.4 Å². The van der Waals surface area contributed by atoms with E-state index in [9.17, 15) is 4.79 Å². The molecular weight excluding hydrogens is 366 g/mol. The van der Waals surface area contributed by atoms with Crippen LogP contribution in [0.1, 0.15) is 25.0 Å². The van der Waals surface area contributed by atoms with Gasteiger partial charge in [-0.15, -0.1) is 11.8 Å². The summed E-state index contributed by atoms with van der Waals surface area (Å²) in [6, 6.07) is 6.28. The van der Waals surface area contributed by atoms with Crippen LogP contribution in [0.25, 0.3) is 10.9 Å². The molecule has 7 nitrogen and oxygen atoms in total. The molecule has 3 heterocycles. The Labute approximate surface area is 161 Å². The number of methoxy groups -OCH3 is 1. The van der Waals surface area contributed by atoms with Crippen molar-refractivity contribution in [2.45, 2.75) is 31.3 Å². The van der Waals surface area contributed by atoms with Gasteiger partial charge in [0.1, 0.15) is 10.8 Å². The molecule has 4 rings (SSSR count). The number of hydrogen-bond donors (Lipinski definition) is 3. The molecule has 1 saturated heterocycles. The second-order valence-corrected chi connectivity index (χ2v) is 7.86. The first kappa shape index (κ1) is 18.2. The standard InChI is InChI=1S/C19H23N3O4S/c1-25-14-6-11-7-16(19-21-13(10-27-19)8-17(23)24)22-18(11)15(9-14)20-12-2-4-26-5-3-12/h6-7,9,12-13,20,22H,2-5,8,10H2,1H3,(H,23,24). The molecule has 0 amide bonds. The number of aromatic nitrogens is 1. The Morgan fingerprint density at radius 1 is 1.41 bits per heavy atom. The van der Waals surface area contributed by atoms with Gasteiger partial charge >= 0.3 is 5.97 Å². The van der Waals surface area contributed by atoms with Crippen molar-refractivity contribution < 1.29 is 19.4 Å². The second kappa shape index (κ2) is 7.82. The molecule has 1 aromatic carbocycles. The quantitative estimate of drug-likeness (QED) is 0.703. The highest BCUT2D eigenvalue weighted by Crippen LogP contribution is 2.33. The van der Waals surface area contributed by atoms with Gasteiger partial charge in [0.15, 0.2) is 0 Å². The normalized spacial score (nSPS) is 20.6. The predicted octanol–water partition coefficient (Wildman–Crippen LogP) is 3.10. The Morgan fingerprint density at radius 3 is 2.96 bits per heavy atom. The fourth-order valence-electron chi connectivity index (χ4n) is 3.49. The smallest absolute Gasteiger partial charge is 0.305 e. The number of carbonyl (C=O) groups is 1. The van der Waals surface area contributed by atoms with Crippen LogP contribution in [0.3, 0.4) is 0 Å². The summed E-state index contributed by atoms with van der Waals surface area (Å²) < 4.78 is 10.9. The number of carboxylic acids is 1. The molecule has 0 spiro atoms. The number of aromatic amines is 1. The van der Waals surface area contributed by atoms with Gasteiger partial charge < -0.3 is 24.9 Å². The molecule has 1 unspecified atom stereocenters. The highest BCUT2D eigenvalue weighted by Gasteiger charge is 2.23. The number of nitrogens with one attached hydrogen (secondary N) is 2. The van der Waals surface area contributed by atoms with E-state index in [1.54, 1.807) is 18.9 Å². The Hall–Kier alpha value is -2.19. The van der Waals surface area contributed by atoms with E-state index in [-0.39, 0.29) is 12.5 Å². The number of anilines is 1. The molecule has 1 fully saturated rings. The van der Waals surface area contributed by atoms with Crippen molar-refractivity contribution in [3.05, 3.63) is 23.9 Å². The number of carboxylic acid groups (broad SMARTS) is 1. The van der Waals surface area contributed by atoms with Gasteiger partial charge in [-0.25, -0.2) is 0 Å². The number of nitrogens with zero attached hydrogens (tertiary/aromatic N) is 1. The molecule has 2 aromatic rings. The van der Waals surface area contributed by atoms with E-state index in [1.165, 1.54) is 0 Å². The Balaban J connectivity index is 1.64. The van der Waals surface area contributed by atoms with E-state index in [2.05, 4.69) is 21.4 Å². The SMILES string of the molecule is COc1cc(NC2CCOCC2)c2[nH]c(C3=NC(CC(=O)O)CS3)cc2c1. The van der Waals surface area contributed by atoms with Crippen LogP contribution in [-0.2, 0) is 9.53 Å². The summed E-state index contributed by atoms with van der Waals surface area (Å²) in [5.41, 5.74) is 2.95. The molecular formula is C19H23N3O4S. The maximum Gasteiger partial charge on any atom is 0.305 e. The van der Waals surface area contributed by atoms with Crippen molar-refractivity contribution in [1.29, 1.82) is 0 Å². The monoisotopic (exact) mass is 389 g/mol. The average molecular weight is 389 g/mol. The Bertz CT molecular complexity index is 873. The first-order valence-electron chi connectivity index (χ1n) is 9.10. The largest absolute Gasteiger partial charge is 0.497 e. The van der Waals surface area contributed by atoms with Crippen molar-refractivity contribution in [3.63, 3.8) is 0 Å². The van der Waals surface area contributed by atoms with Crippen LogP contribution in [0, 0.1) is 0 Å². The number of benzene rings is 1. The van der Waals surface area contributed by atoms with Gasteiger partial charge in [0, 0.05) is 36.5 Å². The Kier molecular flexibility index (Phi) is 5.27. The van der Waals surface area contributed by atoms with Crippen LogP contribution in [0.15, 0.2) is 23.2 Å². The molecule has 3 N–H and O–H groups in total. The zero-order valence-corrected chi connectivity index (χ0v) is 16.0. The number of aliphatic imine (C=N–C) groups is 1. The fourth-order valence-corrected chi connectivity index (χ4v) is 4.53. The molecule has 8 heteroatoms. The van der Waals surface area contributed by atoms with Crippen molar-refractivity contribution in [1.82, 2.24) is 4.98 Å². The van der Waals surface area contributed by atoms with Crippen LogP contribution in [-0.4, -0.2) is 59.3 Å². The molecule has 2 aliphatic rings. The summed E-state index contributed by atoms with van der Waals surface area (Å²) in [6.45, 7) is 1.55. The first-order chi connectivity index (χ1) is 13.1. The van der Waals surface area contributed by atoms with Crippen molar-refractivity contribution in [3.8, 4) is 5.75 Å². The fraction of sp³-hybridized carbons (Fsp3) is 0.474. The average Bonchev–Trinajstić information content (AvgIpc) is 3.28. The minimum atomic E-state index is -0.810. The number of fused-ring (bicyclic) bond motifs is 1. The third-order valence-electron chi connectivity index (χ3n) is 4.87. The van der Waals surface area contributed by atoms with Crippen LogP contribution in [0.4, 0.5) is 5.69 Å². The van der Waals surface area contributed by atoms with Gasteiger partial charge in [0.25, 0.3) is 0 Å². The van der Waals surface area contributed by atoms with Gasteiger partial charge in [-0.3, -0.25) is 9.79 Å². The van der Waals surface area contributed by atoms with Gasteiger partial charge in [0.05, 0.1) is 36.5 Å². The van der Waals surface area contributed by atoms with Gasteiger partial charge in [-0.2, -0.15) is 0 Å². The molecule has 2 aliphatic heterocycles. The van der Waals surface area contributed by atoms with E-state index in [4.69, 9.17) is 14.6 Å². The van der Waals surface area contributed by atoms with E-state index in [0.29, 0.717) is 11.8 Å². The lowest BCUT2D eigenvalue weighted by molar-refractivity contribution is -0.137. The number of thioether (sulfide) groups is 1. The zero-order valence-electron chi connectivity index (χ0n) is 15.2. The molecule has 144 valence electrons. The zero-order chi connectivity index (χ0) is 18.8. The van der Waals surface area contributed by atoms with Gasteiger partial charge in [-0.1, -0.05) is 0 Å². The highest BCUT2D eigenvalue weighted by atomic mass is 32.2. The molecule has 1 atom stereocenters. The van der Waals surface area contributed by atoms with Crippen LogP contribution >= 0.6 is 11.8 Å². The van der Waals surface area contributed by atoms with Gasteiger partial charge in [0.2, 0.25) is 0 Å². The predicted molar refractivity (Wildman–Crippen MR) is 107 cm³/mol. The summed E-state index contributed by atoms with van der Waals surface area (Å²) in [6.07, 6.45) is 2.03. The molecule has 0 saturated carbocycles. The topological polar surface area (TPSA) is 95.9 Å². The number of hydrogen-bond acceptors (Lipinski definition) is 6. The summed E-state index contributed by atoms with van der Waals surface area (Å²) in [7, 11) is 1.67. The lowest BCUT2D eigenvalue weighted by Gasteiger charge is -2.24. The maximum absolute atomic E-state index is 10.9. The molecule has 0 bridgehead atoms. The van der Waals surface area contributed by atoms with E-state index < -0.39 is 5.97 Å². The molecule has 0 aliphatic carbocycles. The number of aliphatic carboxylic acids is 1. The maximum atomic E-state index is 10.9. The van der Waals surface area contributed by atoms with Crippen LogP contribution < -0.4 is 10.1 Å². The third-order valence-corrected chi connectivity index (χ3v) is 6.02. The van der Waals surface area contributed by atoms with Crippen LogP contribution in [0.5, 0.6) is 5.75 Å². The summed E-state index contributed by atoms with van der Waals surface area (Å²) >= 11 is 1.60. The summed E-state index contributed by atoms with van der Waals surface area (Å²) in [4.78, 5) is 19.0. The minimum Gasteiger partial charge on any atom is -0.497 e. The Morgan fingerprint density at radius 2 is 2.22 bits per heavy atom. The number of H-pyrrole nitrogens is 1. The lowest BCUT2D eigenvalue weighted by Crippen LogP contribution is -2.27. The second-order valence-electron chi connectivity index (χ2n) is 6.85. The third kappa shape index (κ3) is 4.06. The summed E-state index contributed by atoms with van der Waals surface area (Å²) in [5.74, 6) is 0.690.